The van der Waals surface area contributed by atoms with E-state index in [-0.39, 0.29) is 16.9 Å². The van der Waals surface area contributed by atoms with Gasteiger partial charge in [0, 0.05) is 29.3 Å². The lowest BCUT2D eigenvalue weighted by atomic mass is 9.77. The first-order valence-corrected chi connectivity index (χ1v) is 11.7. The van der Waals surface area contributed by atoms with Crippen LogP contribution in [0.2, 0.25) is 0 Å². The molecule has 3 N–H and O–H groups in total. The van der Waals surface area contributed by atoms with E-state index in [0.29, 0.717) is 0 Å². The predicted molar refractivity (Wildman–Crippen MR) is 129 cm³/mol. The minimum atomic E-state index is -4.92. The first kappa shape index (κ1) is 29.7. The minimum Gasteiger partial charge on any atom is -0.493 e. The van der Waals surface area contributed by atoms with Crippen LogP contribution >= 0.6 is 0 Å². The number of methoxy groups -OCH3 is 1. The van der Waals surface area contributed by atoms with E-state index in [9.17, 15) is 31.5 Å². The largest absolute Gasteiger partial charge is 0.493 e. The summed E-state index contributed by atoms with van der Waals surface area (Å²) in [5.74, 6) is -7.64. The van der Waals surface area contributed by atoms with Crippen LogP contribution in [0.4, 0.5) is 32.4 Å². The van der Waals surface area contributed by atoms with Gasteiger partial charge in [-0.05, 0) is 39.0 Å². The van der Waals surface area contributed by atoms with Crippen LogP contribution in [0.1, 0.15) is 44.9 Å². The van der Waals surface area contributed by atoms with Crippen molar-refractivity contribution in [2.75, 3.05) is 12.4 Å². The van der Waals surface area contributed by atoms with E-state index in [1.54, 1.807) is 13.8 Å². The number of carbonyl (C=O) groups is 2. The second kappa shape index (κ2) is 11.1. The van der Waals surface area contributed by atoms with Crippen molar-refractivity contribution in [1.29, 1.82) is 5.41 Å². The smallest absolute Gasteiger partial charge is 0.417 e. The number of anilines is 1. The van der Waals surface area contributed by atoms with Crippen molar-refractivity contribution in [3.05, 3.63) is 53.4 Å². The molecule has 3 rings (SSSR count). The SMILES string of the molecule is COc1c([C@H]2[C@H](C(=O)Nc3ccnc(C(=N)NC(=O)OC(C)C)c3)O[C@@](C)(C(F)(F)F)[C@H]2C)ccc(F)c1F. The van der Waals surface area contributed by atoms with Crippen LogP contribution in [0, 0.1) is 23.0 Å². The van der Waals surface area contributed by atoms with Gasteiger partial charge in [0.05, 0.1) is 13.2 Å². The number of rotatable bonds is 6. The number of ether oxygens (including phenoxy) is 3. The number of alkyl carbamates (subject to hydrolysis) is 1. The molecule has 4 atom stereocenters. The van der Waals surface area contributed by atoms with Crippen LogP contribution in [0.5, 0.6) is 5.75 Å². The molecule has 39 heavy (non-hydrogen) atoms. The summed E-state index contributed by atoms with van der Waals surface area (Å²) in [6.45, 7) is 5.19. The molecule has 14 heteroatoms. The van der Waals surface area contributed by atoms with Crippen molar-refractivity contribution < 1.29 is 45.8 Å². The molecule has 9 nitrogen and oxygen atoms in total. The van der Waals surface area contributed by atoms with Gasteiger partial charge in [-0.1, -0.05) is 13.0 Å². The summed E-state index contributed by atoms with van der Waals surface area (Å²) in [6.07, 6.45) is -6.88. The van der Waals surface area contributed by atoms with E-state index < -0.39 is 71.0 Å². The number of hydrogen-bond donors (Lipinski definition) is 3. The number of nitrogens with one attached hydrogen (secondary N) is 3. The minimum absolute atomic E-state index is 0.0154. The molecule has 2 aromatic rings. The number of hydrogen-bond acceptors (Lipinski definition) is 7. The molecule has 0 radical (unpaired) electrons. The molecule has 2 heterocycles. The molecule has 2 amide bonds. The van der Waals surface area contributed by atoms with Crippen molar-refractivity contribution in [3.63, 3.8) is 0 Å². The Morgan fingerprint density at radius 1 is 1.21 bits per heavy atom. The number of aromatic nitrogens is 1. The molecule has 1 aliphatic rings. The van der Waals surface area contributed by atoms with E-state index in [1.807, 2.05) is 0 Å². The zero-order chi connectivity index (χ0) is 29.3. The van der Waals surface area contributed by atoms with E-state index in [2.05, 4.69) is 15.6 Å². The highest BCUT2D eigenvalue weighted by molar-refractivity contribution is 6.04. The number of nitrogens with zero attached hydrogens (tertiary/aromatic N) is 1. The Bertz CT molecular complexity index is 1270. The molecule has 1 aromatic heterocycles. The Morgan fingerprint density at radius 2 is 1.87 bits per heavy atom. The number of halogens is 5. The third-order valence-corrected chi connectivity index (χ3v) is 6.42. The topological polar surface area (TPSA) is 123 Å². The average molecular weight is 559 g/mol. The molecule has 1 aliphatic heterocycles. The van der Waals surface area contributed by atoms with E-state index in [1.165, 1.54) is 25.3 Å². The van der Waals surface area contributed by atoms with Gasteiger partial charge in [-0.3, -0.25) is 20.5 Å². The van der Waals surface area contributed by atoms with Gasteiger partial charge in [0.15, 0.2) is 23.0 Å². The standard InChI is InChI=1S/C25H27F5N4O5/c1-11(2)38-23(36)34-21(31)16-10-13(8-9-32-16)33-22(35)20-17(12(3)24(4,39-20)25(28,29)30)14-6-7-15(26)18(27)19(14)37-5/h6-12,17,20H,1-5H3,(H2,31,34,36)(H,32,33,35)/t12-,17-,20+,24+/m0/s1. The lowest BCUT2D eigenvalue weighted by Gasteiger charge is -2.32. The van der Waals surface area contributed by atoms with Gasteiger partial charge in [0.2, 0.25) is 5.82 Å². The van der Waals surface area contributed by atoms with Gasteiger partial charge in [0.1, 0.15) is 11.8 Å². The highest BCUT2D eigenvalue weighted by Gasteiger charge is 2.65. The van der Waals surface area contributed by atoms with E-state index >= 15 is 0 Å². The summed E-state index contributed by atoms with van der Waals surface area (Å²) in [7, 11) is 1.03. The van der Waals surface area contributed by atoms with Gasteiger partial charge in [-0.2, -0.15) is 17.6 Å². The third kappa shape index (κ3) is 5.95. The van der Waals surface area contributed by atoms with Crippen LogP contribution in [-0.2, 0) is 14.3 Å². The molecule has 0 spiro atoms. The zero-order valence-corrected chi connectivity index (χ0v) is 21.6. The van der Waals surface area contributed by atoms with Crippen molar-refractivity contribution in [2.24, 2.45) is 5.92 Å². The van der Waals surface area contributed by atoms with Crippen LogP contribution in [0.15, 0.2) is 30.5 Å². The summed E-state index contributed by atoms with van der Waals surface area (Å²) in [5, 5.41) is 12.6. The summed E-state index contributed by atoms with van der Waals surface area (Å²) in [4.78, 5) is 29.0. The molecule has 0 aliphatic carbocycles. The number of benzene rings is 1. The Balaban J connectivity index is 1.95. The van der Waals surface area contributed by atoms with E-state index in [4.69, 9.17) is 19.6 Å². The van der Waals surface area contributed by atoms with E-state index in [0.717, 1.165) is 26.2 Å². The van der Waals surface area contributed by atoms with Crippen molar-refractivity contribution in [1.82, 2.24) is 10.3 Å². The molecule has 1 aromatic carbocycles. The molecular formula is C25H27F5N4O5. The van der Waals surface area contributed by atoms with Crippen LogP contribution in [0.25, 0.3) is 0 Å². The summed E-state index contributed by atoms with van der Waals surface area (Å²) in [5.41, 5.74) is -3.07. The molecule has 0 unspecified atom stereocenters. The number of pyridine rings is 1. The third-order valence-electron chi connectivity index (χ3n) is 6.42. The number of alkyl halides is 3. The maximum atomic E-state index is 14.5. The first-order valence-electron chi connectivity index (χ1n) is 11.7. The van der Waals surface area contributed by atoms with Crippen molar-refractivity contribution in [2.45, 2.75) is 57.6 Å². The van der Waals surface area contributed by atoms with Gasteiger partial charge < -0.3 is 19.5 Å². The predicted octanol–water partition coefficient (Wildman–Crippen LogP) is 4.91. The Hall–Kier alpha value is -3.81. The van der Waals surface area contributed by atoms with Gasteiger partial charge in [0.25, 0.3) is 5.91 Å². The van der Waals surface area contributed by atoms with Crippen LogP contribution in [-0.4, -0.2) is 53.9 Å². The molecule has 1 saturated heterocycles. The molecule has 0 saturated carbocycles. The Morgan fingerprint density at radius 3 is 2.46 bits per heavy atom. The highest BCUT2D eigenvalue weighted by Crippen LogP contribution is 2.55. The summed E-state index contributed by atoms with van der Waals surface area (Å²) >= 11 is 0. The second-order valence-electron chi connectivity index (χ2n) is 9.31. The Labute approximate surface area is 220 Å². The second-order valence-corrected chi connectivity index (χ2v) is 9.31. The lowest BCUT2D eigenvalue weighted by Crippen LogP contribution is -2.47. The maximum Gasteiger partial charge on any atom is 0.417 e. The van der Waals surface area contributed by atoms with Gasteiger partial charge in [-0.15, -0.1) is 0 Å². The number of amidine groups is 1. The fourth-order valence-electron chi connectivity index (χ4n) is 4.31. The molecular weight excluding hydrogens is 531 g/mol. The first-order chi connectivity index (χ1) is 18.1. The normalized spacial score (nSPS) is 22.9. The summed E-state index contributed by atoms with van der Waals surface area (Å²) in [6, 6.07) is 4.29. The molecule has 1 fully saturated rings. The fraction of sp³-hybridized carbons (Fsp3) is 0.440. The van der Waals surface area contributed by atoms with Gasteiger partial charge in [-0.25, -0.2) is 9.18 Å². The highest BCUT2D eigenvalue weighted by atomic mass is 19.4. The quantitative estimate of drug-likeness (QED) is 0.263. The van der Waals surface area contributed by atoms with Crippen molar-refractivity contribution in [3.8, 4) is 5.75 Å². The van der Waals surface area contributed by atoms with Crippen LogP contribution in [0.3, 0.4) is 0 Å². The maximum absolute atomic E-state index is 14.5. The average Bonchev–Trinajstić information content (AvgIpc) is 3.12. The van der Waals surface area contributed by atoms with Gasteiger partial charge >= 0.3 is 12.3 Å². The van der Waals surface area contributed by atoms with Crippen LogP contribution < -0.4 is 15.4 Å². The molecule has 0 bridgehead atoms. The Kier molecular flexibility index (Phi) is 8.48. The number of amides is 2. The monoisotopic (exact) mass is 558 g/mol. The summed E-state index contributed by atoms with van der Waals surface area (Å²) < 4.78 is 85.8. The van der Waals surface area contributed by atoms with Crippen molar-refractivity contribution >= 4 is 23.5 Å². The lowest BCUT2D eigenvalue weighted by molar-refractivity contribution is -0.272. The molecule has 212 valence electrons. The number of carbonyl (C=O) groups excluding carboxylic acids is 2. The fourth-order valence-corrected chi connectivity index (χ4v) is 4.31. The zero-order valence-electron chi connectivity index (χ0n) is 21.6.